The van der Waals surface area contributed by atoms with Gasteiger partial charge in [0.2, 0.25) is 5.91 Å². The first-order valence-corrected chi connectivity index (χ1v) is 5.15. The minimum absolute atomic E-state index is 0.0311. The molecule has 0 aromatic rings. The zero-order valence-electron chi connectivity index (χ0n) is 9.85. The molecule has 0 radical (unpaired) electrons. The Labute approximate surface area is 86.8 Å². The molecular formula is C10H23N3O. The van der Waals surface area contributed by atoms with Crippen LogP contribution in [0.1, 0.15) is 20.8 Å². The van der Waals surface area contributed by atoms with Crippen LogP contribution >= 0.6 is 0 Å². The number of carbonyl (C=O) groups is 1. The molecule has 1 amide bonds. The summed E-state index contributed by atoms with van der Waals surface area (Å²) in [5, 5.41) is 9.02. The van der Waals surface area contributed by atoms with Gasteiger partial charge in [-0.1, -0.05) is 13.8 Å². The van der Waals surface area contributed by atoms with Gasteiger partial charge in [0.1, 0.15) is 0 Å². The standard InChI is InChI=1S/C10H23N3O/c1-7(2)9(11-4)6-13-8(3)10(14)12-5/h7-9,11,13H,6H2,1-5H3,(H,12,14)/t8-,9+/m0/s1. The molecule has 14 heavy (non-hydrogen) atoms. The van der Waals surface area contributed by atoms with Crippen molar-refractivity contribution < 1.29 is 4.79 Å². The van der Waals surface area contributed by atoms with Crippen molar-refractivity contribution >= 4 is 5.91 Å². The monoisotopic (exact) mass is 201 g/mol. The molecule has 2 atom stereocenters. The van der Waals surface area contributed by atoms with Crippen LogP contribution < -0.4 is 16.0 Å². The lowest BCUT2D eigenvalue weighted by atomic mass is 10.0. The van der Waals surface area contributed by atoms with Gasteiger partial charge in [0.25, 0.3) is 0 Å². The lowest BCUT2D eigenvalue weighted by Crippen LogP contribution is -2.47. The van der Waals surface area contributed by atoms with Crippen LogP contribution in [0.2, 0.25) is 0 Å². The van der Waals surface area contributed by atoms with Gasteiger partial charge in [-0.05, 0) is 19.9 Å². The van der Waals surface area contributed by atoms with Gasteiger partial charge in [-0.3, -0.25) is 4.79 Å². The fraction of sp³-hybridized carbons (Fsp3) is 0.900. The summed E-state index contributed by atoms with van der Waals surface area (Å²) < 4.78 is 0. The Balaban J connectivity index is 3.85. The molecule has 4 nitrogen and oxygen atoms in total. The molecule has 0 unspecified atom stereocenters. The number of amides is 1. The summed E-state index contributed by atoms with van der Waals surface area (Å²) in [6.45, 7) is 7.00. The fourth-order valence-electron chi connectivity index (χ4n) is 1.28. The molecule has 0 aliphatic heterocycles. The molecule has 0 aliphatic rings. The number of carbonyl (C=O) groups excluding carboxylic acids is 1. The highest BCUT2D eigenvalue weighted by atomic mass is 16.2. The van der Waals surface area contributed by atoms with E-state index < -0.39 is 0 Å². The van der Waals surface area contributed by atoms with Gasteiger partial charge >= 0.3 is 0 Å². The highest BCUT2D eigenvalue weighted by Crippen LogP contribution is 1.99. The molecule has 4 heteroatoms. The number of hydrogen-bond donors (Lipinski definition) is 3. The number of likely N-dealkylation sites (N-methyl/N-ethyl adjacent to an activating group) is 2. The predicted molar refractivity (Wildman–Crippen MR) is 59.2 cm³/mol. The minimum atomic E-state index is -0.130. The van der Waals surface area contributed by atoms with E-state index in [1.807, 2.05) is 14.0 Å². The smallest absolute Gasteiger partial charge is 0.236 e. The van der Waals surface area contributed by atoms with E-state index in [1.54, 1.807) is 7.05 Å². The average Bonchev–Trinajstić information content (AvgIpc) is 2.16. The summed E-state index contributed by atoms with van der Waals surface area (Å²) in [4.78, 5) is 11.2. The molecule has 3 N–H and O–H groups in total. The van der Waals surface area contributed by atoms with E-state index in [-0.39, 0.29) is 11.9 Å². The van der Waals surface area contributed by atoms with Crippen molar-refractivity contribution in [2.45, 2.75) is 32.9 Å². The first kappa shape index (κ1) is 13.4. The van der Waals surface area contributed by atoms with Crippen LogP contribution in [-0.2, 0) is 4.79 Å². The van der Waals surface area contributed by atoms with Crippen LogP contribution in [0.3, 0.4) is 0 Å². The van der Waals surface area contributed by atoms with Crippen LogP contribution in [0.25, 0.3) is 0 Å². The van der Waals surface area contributed by atoms with E-state index in [4.69, 9.17) is 0 Å². The van der Waals surface area contributed by atoms with E-state index in [1.165, 1.54) is 0 Å². The van der Waals surface area contributed by atoms with E-state index in [0.29, 0.717) is 12.0 Å². The van der Waals surface area contributed by atoms with Crippen LogP contribution in [0, 0.1) is 5.92 Å². The van der Waals surface area contributed by atoms with Crippen molar-refractivity contribution in [3.8, 4) is 0 Å². The normalized spacial score (nSPS) is 15.3. The van der Waals surface area contributed by atoms with Crippen molar-refractivity contribution in [3.05, 3.63) is 0 Å². The summed E-state index contributed by atoms with van der Waals surface area (Å²) in [6, 6.07) is 0.275. The van der Waals surface area contributed by atoms with Crippen LogP contribution in [0.5, 0.6) is 0 Å². The second kappa shape index (κ2) is 6.79. The first-order valence-electron chi connectivity index (χ1n) is 5.15. The molecular weight excluding hydrogens is 178 g/mol. The Hall–Kier alpha value is -0.610. The number of nitrogens with one attached hydrogen (secondary N) is 3. The van der Waals surface area contributed by atoms with Crippen LogP contribution in [-0.4, -0.2) is 38.6 Å². The lowest BCUT2D eigenvalue weighted by Gasteiger charge is -2.22. The molecule has 0 saturated carbocycles. The van der Waals surface area contributed by atoms with Gasteiger partial charge in [0, 0.05) is 19.6 Å². The fourth-order valence-corrected chi connectivity index (χ4v) is 1.28. The molecule has 0 saturated heterocycles. The zero-order valence-corrected chi connectivity index (χ0v) is 9.85. The Morgan fingerprint density at radius 2 is 1.79 bits per heavy atom. The van der Waals surface area contributed by atoms with Gasteiger partial charge in [-0.25, -0.2) is 0 Å². The van der Waals surface area contributed by atoms with Crippen molar-refractivity contribution in [2.24, 2.45) is 5.92 Å². The zero-order chi connectivity index (χ0) is 11.1. The maximum Gasteiger partial charge on any atom is 0.236 e. The van der Waals surface area contributed by atoms with Gasteiger partial charge in [0.15, 0.2) is 0 Å². The minimum Gasteiger partial charge on any atom is -0.358 e. The summed E-state index contributed by atoms with van der Waals surface area (Å²) in [7, 11) is 3.59. The highest BCUT2D eigenvalue weighted by Gasteiger charge is 2.14. The second-order valence-corrected chi connectivity index (χ2v) is 3.88. The molecule has 0 aliphatic carbocycles. The molecule has 0 heterocycles. The van der Waals surface area contributed by atoms with E-state index in [9.17, 15) is 4.79 Å². The van der Waals surface area contributed by atoms with E-state index in [0.717, 1.165) is 6.54 Å². The van der Waals surface area contributed by atoms with Gasteiger partial charge < -0.3 is 16.0 Å². The van der Waals surface area contributed by atoms with E-state index in [2.05, 4.69) is 29.8 Å². The Kier molecular flexibility index (Phi) is 6.49. The third kappa shape index (κ3) is 4.58. The molecule has 84 valence electrons. The van der Waals surface area contributed by atoms with Gasteiger partial charge in [-0.15, -0.1) is 0 Å². The van der Waals surface area contributed by atoms with Crippen molar-refractivity contribution in [2.75, 3.05) is 20.6 Å². The predicted octanol–water partition coefficient (Wildman–Crippen LogP) is -0.0455. The van der Waals surface area contributed by atoms with Crippen molar-refractivity contribution in [1.29, 1.82) is 0 Å². The molecule has 0 aromatic heterocycles. The maximum atomic E-state index is 11.2. The Morgan fingerprint density at radius 3 is 2.14 bits per heavy atom. The third-order valence-electron chi connectivity index (χ3n) is 2.46. The van der Waals surface area contributed by atoms with Crippen molar-refractivity contribution in [3.63, 3.8) is 0 Å². The Bertz CT molecular complexity index is 171. The third-order valence-corrected chi connectivity index (χ3v) is 2.46. The average molecular weight is 201 g/mol. The molecule has 0 aromatic carbocycles. The summed E-state index contributed by atoms with van der Waals surface area (Å²) >= 11 is 0. The first-order chi connectivity index (χ1) is 6.52. The summed E-state index contributed by atoms with van der Waals surface area (Å²) in [5.41, 5.74) is 0. The van der Waals surface area contributed by atoms with Crippen LogP contribution in [0.4, 0.5) is 0 Å². The topological polar surface area (TPSA) is 53.2 Å². The van der Waals surface area contributed by atoms with E-state index >= 15 is 0 Å². The Morgan fingerprint density at radius 1 is 1.21 bits per heavy atom. The van der Waals surface area contributed by atoms with Gasteiger partial charge in [-0.2, -0.15) is 0 Å². The molecule has 0 bridgehead atoms. The van der Waals surface area contributed by atoms with Crippen LogP contribution in [0.15, 0.2) is 0 Å². The van der Waals surface area contributed by atoms with Crippen molar-refractivity contribution in [1.82, 2.24) is 16.0 Å². The SMILES string of the molecule is CNC(=O)[C@H](C)NC[C@@H](NC)C(C)C. The van der Waals surface area contributed by atoms with Gasteiger partial charge in [0.05, 0.1) is 6.04 Å². The quantitative estimate of drug-likeness (QED) is 0.565. The summed E-state index contributed by atoms with van der Waals surface area (Å²) in [6.07, 6.45) is 0. The largest absolute Gasteiger partial charge is 0.358 e. The molecule has 0 fully saturated rings. The number of rotatable bonds is 6. The lowest BCUT2D eigenvalue weighted by molar-refractivity contribution is -0.122. The maximum absolute atomic E-state index is 11.2. The molecule has 0 spiro atoms. The molecule has 0 rings (SSSR count). The summed E-state index contributed by atoms with van der Waals surface area (Å²) in [5.74, 6) is 0.591. The second-order valence-electron chi connectivity index (χ2n) is 3.88. The number of hydrogen-bond acceptors (Lipinski definition) is 3. The highest BCUT2D eigenvalue weighted by molar-refractivity contribution is 5.80.